The van der Waals surface area contributed by atoms with Gasteiger partial charge >= 0.3 is 0 Å². The highest BCUT2D eigenvalue weighted by molar-refractivity contribution is 9.10. The van der Waals surface area contributed by atoms with Crippen LogP contribution in [0.15, 0.2) is 23.1 Å². The topological polar surface area (TPSA) is 50.3 Å². The van der Waals surface area contributed by atoms with Gasteiger partial charge in [-0.3, -0.25) is 4.40 Å². The van der Waals surface area contributed by atoms with Crippen LogP contribution < -0.4 is 4.74 Å². The number of rotatable bonds is 1. The molecule has 0 saturated heterocycles. The Labute approximate surface area is 88.9 Å². The minimum Gasteiger partial charge on any atom is -0.495 e. The maximum atomic E-state index is 8.86. The fourth-order valence-corrected chi connectivity index (χ4v) is 1.61. The normalized spacial score (nSPS) is 10.1. The molecule has 0 aliphatic carbocycles. The molecule has 0 N–H and O–H groups in total. The van der Waals surface area contributed by atoms with Crippen molar-refractivity contribution in [2.24, 2.45) is 0 Å². The summed E-state index contributed by atoms with van der Waals surface area (Å²) < 4.78 is 7.65. The summed E-state index contributed by atoms with van der Waals surface area (Å²) in [5, 5.41) is 8.86. The number of ether oxygens (including phenoxy) is 1. The Morgan fingerprint density at radius 2 is 2.43 bits per heavy atom. The van der Waals surface area contributed by atoms with E-state index >= 15 is 0 Å². The molecule has 2 rings (SSSR count). The Morgan fingerprint density at radius 3 is 3.07 bits per heavy atom. The second kappa shape index (κ2) is 3.31. The van der Waals surface area contributed by atoms with Gasteiger partial charge in [-0.1, -0.05) is 0 Å². The quantitative estimate of drug-likeness (QED) is 0.779. The number of fused-ring (bicyclic) bond motifs is 1. The molecule has 2 heterocycles. The van der Waals surface area contributed by atoms with E-state index in [2.05, 4.69) is 27.0 Å². The van der Waals surface area contributed by atoms with Crippen molar-refractivity contribution in [1.29, 1.82) is 5.26 Å². The molecular formula is C9H6BrN3O. The standard InChI is InChI=1S/C9H6BrN3O/c1-14-7-2-9-12-4-8(10)13(9)5-6(7)3-11/h2,4-5H,1H3. The number of hydrogen-bond acceptors (Lipinski definition) is 3. The predicted molar refractivity (Wildman–Crippen MR) is 54.2 cm³/mol. The minimum absolute atomic E-state index is 0.485. The zero-order valence-electron chi connectivity index (χ0n) is 7.36. The summed E-state index contributed by atoms with van der Waals surface area (Å²) in [6, 6.07) is 3.79. The zero-order valence-corrected chi connectivity index (χ0v) is 8.95. The lowest BCUT2D eigenvalue weighted by Crippen LogP contribution is -1.93. The van der Waals surface area contributed by atoms with Gasteiger partial charge in [-0.15, -0.1) is 0 Å². The smallest absolute Gasteiger partial charge is 0.141 e. The van der Waals surface area contributed by atoms with Gasteiger partial charge in [-0.2, -0.15) is 5.26 Å². The van der Waals surface area contributed by atoms with Crippen LogP contribution in [0.2, 0.25) is 0 Å². The number of hydrogen-bond donors (Lipinski definition) is 0. The van der Waals surface area contributed by atoms with Crippen LogP contribution in [0.4, 0.5) is 0 Å². The number of nitrogens with zero attached hydrogens (tertiary/aromatic N) is 3. The highest BCUT2D eigenvalue weighted by Crippen LogP contribution is 2.22. The van der Waals surface area contributed by atoms with Gasteiger partial charge in [-0.25, -0.2) is 4.98 Å². The first-order valence-corrected chi connectivity index (χ1v) is 4.66. The van der Waals surface area contributed by atoms with Crippen molar-refractivity contribution in [3.05, 3.63) is 28.6 Å². The summed E-state index contributed by atoms with van der Waals surface area (Å²) in [7, 11) is 1.53. The molecule has 0 spiro atoms. The van der Waals surface area contributed by atoms with E-state index in [1.807, 2.05) is 0 Å². The summed E-state index contributed by atoms with van der Waals surface area (Å²) in [5.41, 5.74) is 1.23. The van der Waals surface area contributed by atoms with E-state index in [0.717, 1.165) is 10.3 Å². The van der Waals surface area contributed by atoms with Crippen LogP contribution in [0.3, 0.4) is 0 Å². The predicted octanol–water partition coefficient (Wildman–Crippen LogP) is 1.98. The average Bonchev–Trinajstić information content (AvgIpc) is 2.58. The fraction of sp³-hybridized carbons (Fsp3) is 0.111. The highest BCUT2D eigenvalue weighted by atomic mass is 79.9. The van der Waals surface area contributed by atoms with Crippen LogP contribution in [0.5, 0.6) is 5.75 Å². The lowest BCUT2D eigenvalue weighted by molar-refractivity contribution is 0.413. The molecule has 0 atom stereocenters. The molecule has 5 heteroatoms. The van der Waals surface area contributed by atoms with E-state index in [0.29, 0.717) is 11.3 Å². The summed E-state index contributed by atoms with van der Waals surface area (Å²) in [5.74, 6) is 0.540. The first kappa shape index (κ1) is 9.03. The van der Waals surface area contributed by atoms with Crippen LogP contribution >= 0.6 is 15.9 Å². The summed E-state index contributed by atoms with van der Waals surface area (Å²) >= 11 is 3.33. The first-order valence-electron chi connectivity index (χ1n) is 3.87. The monoisotopic (exact) mass is 251 g/mol. The van der Waals surface area contributed by atoms with Crippen molar-refractivity contribution in [3.8, 4) is 11.8 Å². The number of methoxy groups -OCH3 is 1. The van der Waals surface area contributed by atoms with Gasteiger partial charge in [0.2, 0.25) is 0 Å². The van der Waals surface area contributed by atoms with Crippen LogP contribution in [-0.2, 0) is 0 Å². The maximum Gasteiger partial charge on any atom is 0.141 e. The van der Waals surface area contributed by atoms with Crippen molar-refractivity contribution < 1.29 is 4.74 Å². The van der Waals surface area contributed by atoms with E-state index < -0.39 is 0 Å². The minimum atomic E-state index is 0.485. The van der Waals surface area contributed by atoms with Crippen molar-refractivity contribution in [3.63, 3.8) is 0 Å². The third-order valence-corrected chi connectivity index (χ3v) is 2.49. The average molecular weight is 252 g/mol. The molecule has 0 amide bonds. The van der Waals surface area contributed by atoms with E-state index in [9.17, 15) is 0 Å². The van der Waals surface area contributed by atoms with Crippen LogP contribution in [-0.4, -0.2) is 16.5 Å². The number of aromatic nitrogens is 2. The first-order chi connectivity index (χ1) is 6.76. The Morgan fingerprint density at radius 1 is 1.64 bits per heavy atom. The molecular weight excluding hydrogens is 246 g/mol. The second-order valence-electron chi connectivity index (χ2n) is 2.68. The van der Waals surface area contributed by atoms with Gasteiger partial charge in [0.15, 0.2) is 0 Å². The van der Waals surface area contributed by atoms with Crippen LogP contribution in [0.1, 0.15) is 5.56 Å². The Balaban J connectivity index is 2.79. The fourth-order valence-electron chi connectivity index (χ4n) is 1.23. The molecule has 70 valence electrons. The van der Waals surface area contributed by atoms with Crippen molar-refractivity contribution in [1.82, 2.24) is 9.38 Å². The summed E-state index contributed by atoms with van der Waals surface area (Å²) in [4.78, 5) is 4.13. The molecule has 0 fully saturated rings. The molecule has 0 saturated carbocycles. The lowest BCUT2D eigenvalue weighted by atomic mass is 10.3. The molecule has 14 heavy (non-hydrogen) atoms. The molecule has 4 nitrogen and oxygen atoms in total. The van der Waals surface area contributed by atoms with Crippen molar-refractivity contribution >= 4 is 21.6 Å². The van der Waals surface area contributed by atoms with Gasteiger partial charge in [0.1, 0.15) is 27.6 Å². The largest absolute Gasteiger partial charge is 0.495 e. The molecule has 2 aromatic rings. The summed E-state index contributed by atoms with van der Waals surface area (Å²) in [6.07, 6.45) is 3.36. The van der Waals surface area contributed by atoms with E-state index in [-0.39, 0.29) is 0 Å². The lowest BCUT2D eigenvalue weighted by Gasteiger charge is -2.03. The molecule has 0 aromatic carbocycles. The van der Waals surface area contributed by atoms with E-state index in [1.165, 1.54) is 7.11 Å². The van der Waals surface area contributed by atoms with Crippen LogP contribution in [0.25, 0.3) is 5.65 Å². The van der Waals surface area contributed by atoms with Crippen molar-refractivity contribution in [2.45, 2.75) is 0 Å². The van der Waals surface area contributed by atoms with Gasteiger partial charge in [-0.05, 0) is 15.9 Å². The number of imidazole rings is 1. The number of halogens is 1. The zero-order chi connectivity index (χ0) is 10.1. The van der Waals surface area contributed by atoms with Gasteiger partial charge in [0.25, 0.3) is 0 Å². The molecule has 0 aliphatic heterocycles. The summed E-state index contributed by atoms with van der Waals surface area (Å²) in [6.45, 7) is 0. The van der Waals surface area contributed by atoms with Gasteiger partial charge in [0.05, 0.1) is 13.3 Å². The SMILES string of the molecule is COc1cc2ncc(Br)n2cc1C#N. The Kier molecular flexibility index (Phi) is 2.14. The Bertz CT molecular complexity index is 527. The van der Waals surface area contributed by atoms with Gasteiger partial charge < -0.3 is 4.74 Å². The molecule has 0 aliphatic rings. The number of pyridine rings is 1. The Hall–Kier alpha value is -1.54. The van der Waals surface area contributed by atoms with E-state index in [1.54, 1.807) is 22.9 Å². The molecule has 2 aromatic heterocycles. The molecule has 0 unspecified atom stereocenters. The molecule has 0 radical (unpaired) electrons. The third kappa shape index (κ3) is 1.24. The number of nitriles is 1. The van der Waals surface area contributed by atoms with Gasteiger partial charge in [0, 0.05) is 12.3 Å². The van der Waals surface area contributed by atoms with Crippen molar-refractivity contribution in [2.75, 3.05) is 7.11 Å². The van der Waals surface area contributed by atoms with E-state index in [4.69, 9.17) is 10.00 Å². The molecule has 0 bridgehead atoms. The maximum absolute atomic E-state index is 8.86. The highest BCUT2D eigenvalue weighted by Gasteiger charge is 2.07. The second-order valence-corrected chi connectivity index (χ2v) is 3.49. The van der Waals surface area contributed by atoms with Crippen LogP contribution in [0, 0.1) is 11.3 Å². The third-order valence-electron chi connectivity index (χ3n) is 1.90.